The fourth-order valence-electron chi connectivity index (χ4n) is 4.79. The molecule has 2 aromatic carbocycles. The lowest BCUT2D eigenvalue weighted by Crippen LogP contribution is -2.45. The summed E-state index contributed by atoms with van der Waals surface area (Å²) < 4.78 is 16.2. The highest BCUT2D eigenvalue weighted by atomic mass is 16.7. The van der Waals surface area contributed by atoms with E-state index in [-0.39, 0.29) is 18.6 Å². The number of nitrogens with one attached hydrogen (secondary N) is 1. The number of amides is 1. The molecule has 2 aromatic rings. The number of carbonyl (C=O) groups excluding carboxylic acids is 1. The summed E-state index contributed by atoms with van der Waals surface area (Å²) in [4.78, 5) is 27.5. The van der Waals surface area contributed by atoms with Gasteiger partial charge in [0.05, 0.1) is 19.1 Å². The van der Waals surface area contributed by atoms with Gasteiger partial charge in [-0.3, -0.25) is 14.5 Å². The molecular weight excluding hydrogens is 424 g/mol. The van der Waals surface area contributed by atoms with Crippen LogP contribution in [0.15, 0.2) is 42.5 Å². The number of fused-ring (bicyclic) bond motifs is 1. The molecule has 4 atom stereocenters. The van der Waals surface area contributed by atoms with Crippen LogP contribution in [0.3, 0.4) is 0 Å². The lowest BCUT2D eigenvalue weighted by Gasteiger charge is -2.31. The first-order valence-electron chi connectivity index (χ1n) is 11.2. The van der Waals surface area contributed by atoms with Crippen molar-refractivity contribution in [3.05, 3.63) is 53.6 Å². The van der Waals surface area contributed by atoms with Gasteiger partial charge in [0.15, 0.2) is 11.5 Å². The maximum absolute atomic E-state index is 12.9. The van der Waals surface area contributed by atoms with Crippen LogP contribution in [0, 0.1) is 5.92 Å². The van der Waals surface area contributed by atoms with Crippen molar-refractivity contribution in [2.24, 2.45) is 5.92 Å². The number of carboxylic acids is 1. The quantitative estimate of drug-likeness (QED) is 0.632. The minimum atomic E-state index is -0.901. The third kappa shape index (κ3) is 4.48. The number of aliphatic carboxylic acids is 1. The summed E-state index contributed by atoms with van der Waals surface area (Å²) in [5.41, 5.74) is 1.69. The minimum Gasteiger partial charge on any atom is -0.497 e. The second-order valence-corrected chi connectivity index (χ2v) is 8.47. The number of carboxylic acid groups (broad SMARTS) is 1. The van der Waals surface area contributed by atoms with Crippen molar-refractivity contribution in [2.75, 3.05) is 27.0 Å². The first-order valence-corrected chi connectivity index (χ1v) is 11.2. The fourth-order valence-corrected chi connectivity index (χ4v) is 4.79. The summed E-state index contributed by atoms with van der Waals surface area (Å²) in [6.45, 7) is 4.99. The van der Waals surface area contributed by atoms with Crippen LogP contribution in [0.1, 0.15) is 43.4 Å². The number of benzene rings is 2. The van der Waals surface area contributed by atoms with Crippen molar-refractivity contribution in [3.8, 4) is 17.2 Å². The SMILES string of the molecule is CCCNC(=O)C(C)N1CC(c2ccc3c(c2)OCO3)[C@H](C(=O)O)[C@H]1c1ccc(OC)cc1. The van der Waals surface area contributed by atoms with Crippen molar-refractivity contribution in [1.82, 2.24) is 10.2 Å². The third-order valence-corrected chi connectivity index (χ3v) is 6.53. The van der Waals surface area contributed by atoms with Gasteiger partial charge in [0.25, 0.3) is 0 Å². The van der Waals surface area contributed by atoms with Crippen LogP contribution >= 0.6 is 0 Å². The molecule has 33 heavy (non-hydrogen) atoms. The zero-order chi connectivity index (χ0) is 23.5. The number of ether oxygens (including phenoxy) is 3. The second-order valence-electron chi connectivity index (χ2n) is 8.47. The van der Waals surface area contributed by atoms with Gasteiger partial charge in [-0.15, -0.1) is 0 Å². The number of hydrogen-bond donors (Lipinski definition) is 2. The van der Waals surface area contributed by atoms with Crippen LogP contribution in [0.2, 0.25) is 0 Å². The Morgan fingerprint density at radius 1 is 1.15 bits per heavy atom. The van der Waals surface area contributed by atoms with E-state index in [9.17, 15) is 14.7 Å². The molecule has 1 saturated heterocycles. The highest BCUT2D eigenvalue weighted by molar-refractivity contribution is 5.82. The van der Waals surface area contributed by atoms with E-state index in [1.54, 1.807) is 7.11 Å². The maximum Gasteiger partial charge on any atom is 0.309 e. The Morgan fingerprint density at radius 3 is 2.52 bits per heavy atom. The van der Waals surface area contributed by atoms with E-state index in [2.05, 4.69) is 5.32 Å². The lowest BCUT2D eigenvalue weighted by atomic mass is 9.82. The second kappa shape index (κ2) is 9.70. The van der Waals surface area contributed by atoms with Crippen LogP contribution in [0.25, 0.3) is 0 Å². The Labute approximate surface area is 193 Å². The van der Waals surface area contributed by atoms with E-state index >= 15 is 0 Å². The molecule has 8 nitrogen and oxygen atoms in total. The normalized spacial score (nSPS) is 22.7. The van der Waals surface area contributed by atoms with Gasteiger partial charge in [-0.2, -0.15) is 0 Å². The lowest BCUT2D eigenvalue weighted by molar-refractivity contribution is -0.143. The Balaban J connectivity index is 1.74. The Hall–Kier alpha value is -3.26. The molecule has 0 bridgehead atoms. The monoisotopic (exact) mass is 454 g/mol. The largest absolute Gasteiger partial charge is 0.497 e. The number of carbonyl (C=O) groups is 2. The molecule has 8 heteroatoms. The van der Waals surface area contributed by atoms with E-state index in [1.807, 2.05) is 61.2 Å². The van der Waals surface area contributed by atoms with Crippen LogP contribution in [0.5, 0.6) is 17.2 Å². The van der Waals surface area contributed by atoms with Gasteiger partial charge < -0.3 is 24.6 Å². The summed E-state index contributed by atoms with van der Waals surface area (Å²) in [5, 5.41) is 13.3. The van der Waals surface area contributed by atoms with Crippen LogP contribution in [-0.2, 0) is 9.59 Å². The maximum atomic E-state index is 12.9. The van der Waals surface area contributed by atoms with E-state index < -0.39 is 24.0 Å². The number of likely N-dealkylation sites (tertiary alicyclic amines) is 1. The van der Waals surface area contributed by atoms with Crippen molar-refractivity contribution in [3.63, 3.8) is 0 Å². The predicted octanol–water partition coefficient (Wildman–Crippen LogP) is 3.18. The zero-order valence-corrected chi connectivity index (χ0v) is 19.1. The van der Waals surface area contributed by atoms with Crippen molar-refractivity contribution < 1.29 is 28.9 Å². The topological polar surface area (TPSA) is 97.3 Å². The van der Waals surface area contributed by atoms with Gasteiger partial charge in [0, 0.05) is 25.0 Å². The summed E-state index contributed by atoms with van der Waals surface area (Å²) in [7, 11) is 1.59. The van der Waals surface area contributed by atoms with Gasteiger partial charge in [-0.1, -0.05) is 25.1 Å². The molecule has 2 N–H and O–H groups in total. The highest BCUT2D eigenvalue weighted by Gasteiger charge is 2.50. The number of rotatable bonds is 8. The number of methoxy groups -OCH3 is 1. The van der Waals surface area contributed by atoms with Crippen LogP contribution in [-0.4, -0.2) is 54.9 Å². The van der Waals surface area contributed by atoms with E-state index in [0.29, 0.717) is 30.3 Å². The summed E-state index contributed by atoms with van der Waals surface area (Å²) in [5.74, 6) is -0.126. The zero-order valence-electron chi connectivity index (χ0n) is 19.1. The number of hydrogen-bond acceptors (Lipinski definition) is 6. The third-order valence-electron chi connectivity index (χ3n) is 6.53. The molecule has 2 aliphatic rings. The molecule has 1 amide bonds. The Kier molecular flexibility index (Phi) is 6.74. The molecule has 2 aliphatic heterocycles. The summed E-state index contributed by atoms with van der Waals surface area (Å²) >= 11 is 0. The molecule has 2 heterocycles. The summed E-state index contributed by atoms with van der Waals surface area (Å²) in [6, 6.07) is 12.0. The predicted molar refractivity (Wildman–Crippen MR) is 122 cm³/mol. The Morgan fingerprint density at radius 2 is 1.85 bits per heavy atom. The molecule has 0 aromatic heterocycles. The van der Waals surface area contributed by atoms with Gasteiger partial charge in [0.1, 0.15) is 5.75 Å². The van der Waals surface area contributed by atoms with Gasteiger partial charge in [0.2, 0.25) is 12.7 Å². The molecule has 0 radical (unpaired) electrons. The first-order chi connectivity index (χ1) is 15.9. The number of nitrogens with zero attached hydrogens (tertiary/aromatic N) is 1. The standard InChI is InChI=1S/C25H30N2O6/c1-4-11-26-24(28)15(2)27-13-19(17-7-10-20-21(12-17)33-14-32-20)22(25(29)30)23(27)16-5-8-18(31-3)9-6-16/h5-10,12,15,19,22-23H,4,11,13-14H2,1-3H3,(H,26,28)(H,29,30)/t15?,19?,22-,23+/m0/s1. The summed E-state index contributed by atoms with van der Waals surface area (Å²) in [6.07, 6.45) is 0.831. The van der Waals surface area contributed by atoms with Crippen molar-refractivity contribution in [2.45, 2.75) is 38.3 Å². The van der Waals surface area contributed by atoms with Gasteiger partial charge in [-0.05, 0) is 48.7 Å². The molecule has 0 aliphatic carbocycles. The van der Waals surface area contributed by atoms with E-state index in [0.717, 1.165) is 17.5 Å². The first kappa shape index (κ1) is 22.9. The molecule has 0 spiro atoms. The minimum absolute atomic E-state index is 0.106. The molecule has 4 rings (SSSR count). The molecule has 2 unspecified atom stereocenters. The van der Waals surface area contributed by atoms with E-state index in [4.69, 9.17) is 14.2 Å². The van der Waals surface area contributed by atoms with Gasteiger partial charge >= 0.3 is 5.97 Å². The molecule has 176 valence electrons. The van der Waals surface area contributed by atoms with Crippen LogP contribution < -0.4 is 19.5 Å². The molecule has 0 saturated carbocycles. The van der Waals surface area contributed by atoms with Crippen LogP contribution in [0.4, 0.5) is 0 Å². The smallest absolute Gasteiger partial charge is 0.309 e. The van der Waals surface area contributed by atoms with Crippen molar-refractivity contribution >= 4 is 11.9 Å². The Bertz CT molecular complexity index is 1010. The van der Waals surface area contributed by atoms with Gasteiger partial charge in [-0.25, -0.2) is 0 Å². The average molecular weight is 455 g/mol. The van der Waals surface area contributed by atoms with Crippen molar-refractivity contribution in [1.29, 1.82) is 0 Å². The molecule has 1 fully saturated rings. The average Bonchev–Trinajstić information content (AvgIpc) is 3.46. The highest BCUT2D eigenvalue weighted by Crippen LogP contribution is 2.48. The van der Waals surface area contributed by atoms with E-state index in [1.165, 1.54) is 0 Å². The molecular formula is C25H30N2O6. The fraction of sp³-hybridized carbons (Fsp3) is 0.440.